The van der Waals surface area contributed by atoms with Crippen LogP contribution < -0.4 is 5.32 Å². The third-order valence-electron chi connectivity index (χ3n) is 7.73. The van der Waals surface area contributed by atoms with Gasteiger partial charge in [0.1, 0.15) is 5.00 Å². The Hall–Kier alpha value is -1.59. The highest BCUT2D eigenvalue weighted by atomic mass is 32.1. The summed E-state index contributed by atoms with van der Waals surface area (Å²) in [6, 6.07) is 5.45. The fraction of sp³-hybridized carbons (Fsp3) is 0.654. The molecule has 2 aromatic heterocycles. The monoisotopic (exact) mass is 439 g/mol. The maximum absolute atomic E-state index is 14.3. The van der Waals surface area contributed by atoms with E-state index in [1.165, 1.54) is 59.7 Å². The molecule has 5 rings (SSSR count). The van der Waals surface area contributed by atoms with Crippen LogP contribution >= 0.6 is 11.3 Å². The fourth-order valence-electron chi connectivity index (χ4n) is 6.09. The Bertz CT molecular complexity index is 923. The number of aryl methyl sites for hydroxylation is 1. The van der Waals surface area contributed by atoms with Crippen molar-refractivity contribution in [2.24, 2.45) is 0 Å². The lowest BCUT2D eigenvalue weighted by Gasteiger charge is -2.37. The molecule has 0 bridgehead atoms. The number of thiophene rings is 1. The molecular weight excluding hydrogens is 402 g/mol. The molecule has 1 saturated carbocycles. The number of hydrogen-bond acceptors (Lipinski definition) is 3. The van der Waals surface area contributed by atoms with Crippen molar-refractivity contribution in [3.8, 4) is 5.00 Å². The van der Waals surface area contributed by atoms with Gasteiger partial charge in [0.05, 0.1) is 11.6 Å². The molecule has 2 aromatic rings. The SMILES string of the molecule is CCCC(CC)NCC1c2cccn2-c2sc3c(c2C(=O)N1C1CCCC1)CCCC3. The first kappa shape index (κ1) is 21.3. The van der Waals surface area contributed by atoms with Crippen LogP contribution in [-0.2, 0) is 12.8 Å². The van der Waals surface area contributed by atoms with E-state index in [1.807, 2.05) is 11.3 Å². The smallest absolute Gasteiger partial charge is 0.258 e. The summed E-state index contributed by atoms with van der Waals surface area (Å²) in [4.78, 5) is 18.0. The summed E-state index contributed by atoms with van der Waals surface area (Å²) in [5.74, 6) is 0.306. The minimum atomic E-state index is 0.107. The van der Waals surface area contributed by atoms with E-state index in [2.05, 4.69) is 47.0 Å². The van der Waals surface area contributed by atoms with Gasteiger partial charge in [-0.15, -0.1) is 11.3 Å². The Balaban J connectivity index is 1.58. The molecular formula is C26H37N3OS. The highest BCUT2D eigenvalue weighted by molar-refractivity contribution is 7.15. The molecule has 168 valence electrons. The average Bonchev–Trinajstić information content (AvgIpc) is 3.53. The Morgan fingerprint density at radius 1 is 1.16 bits per heavy atom. The van der Waals surface area contributed by atoms with Gasteiger partial charge in [-0.2, -0.15) is 0 Å². The van der Waals surface area contributed by atoms with Gasteiger partial charge in [-0.1, -0.05) is 33.1 Å². The number of aromatic nitrogens is 1. The van der Waals surface area contributed by atoms with Gasteiger partial charge < -0.3 is 14.8 Å². The van der Waals surface area contributed by atoms with Crippen molar-refractivity contribution >= 4 is 17.2 Å². The zero-order valence-electron chi connectivity index (χ0n) is 19.2. The summed E-state index contributed by atoms with van der Waals surface area (Å²) in [7, 11) is 0. The van der Waals surface area contributed by atoms with Crippen molar-refractivity contribution < 1.29 is 4.79 Å². The van der Waals surface area contributed by atoms with E-state index in [9.17, 15) is 4.79 Å². The number of fused-ring (bicyclic) bond motifs is 5. The summed E-state index contributed by atoms with van der Waals surface area (Å²) >= 11 is 1.88. The quantitative estimate of drug-likeness (QED) is 0.572. The van der Waals surface area contributed by atoms with Crippen molar-refractivity contribution in [3.63, 3.8) is 0 Å². The van der Waals surface area contributed by atoms with E-state index < -0.39 is 0 Å². The van der Waals surface area contributed by atoms with Crippen molar-refractivity contribution in [1.29, 1.82) is 0 Å². The van der Waals surface area contributed by atoms with Gasteiger partial charge in [0.25, 0.3) is 5.91 Å². The highest BCUT2D eigenvalue weighted by Crippen LogP contribution is 2.44. The summed E-state index contributed by atoms with van der Waals surface area (Å²) in [6.45, 7) is 5.38. The molecule has 0 aromatic carbocycles. The van der Waals surface area contributed by atoms with E-state index in [0.717, 1.165) is 44.2 Å². The second-order valence-electron chi connectivity index (χ2n) is 9.66. The van der Waals surface area contributed by atoms with Crippen LogP contribution in [0, 0.1) is 0 Å². The van der Waals surface area contributed by atoms with Gasteiger partial charge in [-0.05, 0) is 69.1 Å². The van der Waals surface area contributed by atoms with Crippen LogP contribution in [0.2, 0.25) is 0 Å². The van der Waals surface area contributed by atoms with Crippen molar-refractivity contribution in [2.45, 2.75) is 103 Å². The molecule has 4 nitrogen and oxygen atoms in total. The second-order valence-corrected chi connectivity index (χ2v) is 10.7. The Morgan fingerprint density at radius 3 is 2.74 bits per heavy atom. The van der Waals surface area contributed by atoms with Gasteiger partial charge in [0.2, 0.25) is 0 Å². The van der Waals surface area contributed by atoms with Crippen molar-refractivity contribution in [3.05, 3.63) is 40.0 Å². The molecule has 2 unspecified atom stereocenters. The maximum Gasteiger partial charge on any atom is 0.258 e. The summed E-state index contributed by atoms with van der Waals surface area (Å²) < 4.78 is 2.36. The lowest BCUT2D eigenvalue weighted by Crippen LogP contribution is -2.46. The first-order valence-electron chi connectivity index (χ1n) is 12.6. The molecule has 3 aliphatic rings. The van der Waals surface area contributed by atoms with Crippen molar-refractivity contribution in [2.75, 3.05) is 6.54 Å². The Morgan fingerprint density at radius 2 is 1.97 bits per heavy atom. The minimum absolute atomic E-state index is 0.107. The molecule has 1 fully saturated rings. The molecule has 2 atom stereocenters. The number of nitrogens with one attached hydrogen (secondary N) is 1. The van der Waals surface area contributed by atoms with Crippen LogP contribution in [0.1, 0.15) is 104 Å². The topological polar surface area (TPSA) is 37.3 Å². The molecule has 1 aliphatic heterocycles. The Kier molecular flexibility index (Phi) is 6.25. The zero-order valence-corrected chi connectivity index (χ0v) is 20.0. The first-order valence-corrected chi connectivity index (χ1v) is 13.4. The van der Waals surface area contributed by atoms with Gasteiger partial charge in [-0.25, -0.2) is 0 Å². The van der Waals surface area contributed by atoms with Crippen LogP contribution in [0.4, 0.5) is 0 Å². The van der Waals surface area contributed by atoms with Crippen LogP contribution in [-0.4, -0.2) is 34.0 Å². The normalized spacial score (nSPS) is 22.2. The number of carbonyl (C=O) groups excluding carboxylic acids is 1. The van der Waals surface area contributed by atoms with Gasteiger partial charge in [0, 0.05) is 35.4 Å². The predicted octanol–water partition coefficient (Wildman–Crippen LogP) is 6.03. The van der Waals surface area contributed by atoms with E-state index in [4.69, 9.17) is 0 Å². The first-order chi connectivity index (χ1) is 15.2. The molecule has 2 aliphatic carbocycles. The summed E-state index contributed by atoms with van der Waals surface area (Å²) in [5, 5.41) is 5.03. The van der Waals surface area contributed by atoms with Crippen LogP contribution in [0.3, 0.4) is 0 Å². The molecule has 5 heteroatoms. The van der Waals surface area contributed by atoms with Gasteiger partial charge in [0.15, 0.2) is 0 Å². The second kappa shape index (κ2) is 9.11. The van der Waals surface area contributed by atoms with E-state index in [1.54, 1.807) is 0 Å². The summed E-state index contributed by atoms with van der Waals surface area (Å²) in [5.41, 5.74) is 3.69. The number of amides is 1. The van der Waals surface area contributed by atoms with E-state index in [0.29, 0.717) is 18.0 Å². The number of nitrogens with zero attached hydrogens (tertiary/aromatic N) is 2. The molecule has 31 heavy (non-hydrogen) atoms. The van der Waals surface area contributed by atoms with E-state index in [-0.39, 0.29) is 6.04 Å². The lowest BCUT2D eigenvalue weighted by atomic mass is 9.94. The maximum atomic E-state index is 14.3. The molecule has 1 amide bonds. The van der Waals surface area contributed by atoms with Crippen LogP contribution in [0.15, 0.2) is 18.3 Å². The average molecular weight is 440 g/mol. The highest BCUT2D eigenvalue weighted by Gasteiger charge is 2.41. The minimum Gasteiger partial charge on any atom is -0.326 e. The van der Waals surface area contributed by atoms with Crippen LogP contribution in [0.5, 0.6) is 0 Å². The van der Waals surface area contributed by atoms with E-state index >= 15 is 0 Å². The molecule has 1 N–H and O–H groups in total. The third kappa shape index (κ3) is 3.78. The fourth-order valence-corrected chi connectivity index (χ4v) is 7.47. The molecule has 0 saturated heterocycles. The van der Waals surface area contributed by atoms with Crippen molar-refractivity contribution in [1.82, 2.24) is 14.8 Å². The van der Waals surface area contributed by atoms with Gasteiger partial charge in [-0.3, -0.25) is 4.79 Å². The number of hydrogen-bond donors (Lipinski definition) is 1. The molecule has 3 heterocycles. The molecule has 0 spiro atoms. The van der Waals surface area contributed by atoms with Crippen LogP contribution in [0.25, 0.3) is 5.00 Å². The standard InChI is InChI=1S/C26H37N3OS/c1-3-10-18(4-2)27-17-22-21-14-9-16-28(21)26-24(20-13-7-8-15-23(20)31-26)25(30)29(22)19-11-5-6-12-19/h9,14,16,18-19,22,27H,3-8,10-13,15,17H2,1-2H3. The predicted molar refractivity (Wildman–Crippen MR) is 128 cm³/mol. The largest absolute Gasteiger partial charge is 0.326 e. The lowest BCUT2D eigenvalue weighted by molar-refractivity contribution is 0.0566. The Labute approximate surface area is 191 Å². The summed E-state index contributed by atoms with van der Waals surface area (Å²) in [6.07, 6.45) is 15.2. The number of rotatable bonds is 7. The zero-order chi connectivity index (χ0) is 21.4. The van der Waals surface area contributed by atoms with Gasteiger partial charge >= 0.3 is 0 Å². The third-order valence-corrected chi connectivity index (χ3v) is 9.02. The molecule has 0 radical (unpaired) electrons. The number of carbonyl (C=O) groups is 1.